The summed E-state index contributed by atoms with van der Waals surface area (Å²) in [7, 11) is 0. The summed E-state index contributed by atoms with van der Waals surface area (Å²) in [5.74, 6) is 1.48. The Morgan fingerprint density at radius 2 is 2.19 bits per heavy atom. The predicted octanol–water partition coefficient (Wildman–Crippen LogP) is 2.35. The Balaban J connectivity index is 1.83. The Labute approximate surface area is 94.4 Å². The molecule has 0 N–H and O–H groups in total. The van der Waals surface area contributed by atoms with Gasteiger partial charge in [-0.3, -0.25) is 4.79 Å². The Bertz CT molecular complexity index is 420. The lowest BCUT2D eigenvalue weighted by molar-refractivity contribution is -0.122. The minimum atomic E-state index is -0.127. The van der Waals surface area contributed by atoms with Gasteiger partial charge in [-0.25, -0.2) is 0 Å². The molecule has 1 atom stereocenters. The zero-order valence-electron chi connectivity index (χ0n) is 9.53. The van der Waals surface area contributed by atoms with Crippen molar-refractivity contribution in [2.45, 2.75) is 56.8 Å². The normalized spacial score (nSPS) is 28.1. The second kappa shape index (κ2) is 3.40. The molecule has 16 heavy (non-hydrogen) atoms. The number of ketones is 1. The van der Waals surface area contributed by atoms with Gasteiger partial charge in [-0.2, -0.15) is 4.98 Å². The van der Waals surface area contributed by atoms with Crippen LogP contribution in [0.5, 0.6) is 0 Å². The molecule has 3 rings (SSSR count). The molecule has 0 radical (unpaired) electrons. The second-order valence-corrected chi connectivity index (χ2v) is 5.28. The quantitative estimate of drug-likeness (QED) is 0.767. The van der Waals surface area contributed by atoms with Gasteiger partial charge < -0.3 is 4.52 Å². The molecule has 86 valence electrons. The van der Waals surface area contributed by atoms with E-state index in [0.717, 1.165) is 37.9 Å². The van der Waals surface area contributed by atoms with Crippen LogP contribution in [0.15, 0.2) is 4.52 Å². The van der Waals surface area contributed by atoms with Crippen LogP contribution in [0, 0.1) is 0 Å². The Morgan fingerprint density at radius 3 is 2.88 bits per heavy atom. The number of carbonyl (C=O) groups is 1. The third kappa shape index (κ3) is 1.56. The predicted molar refractivity (Wildman–Crippen MR) is 57.1 cm³/mol. The molecular weight excluding hydrogens is 204 g/mol. The summed E-state index contributed by atoms with van der Waals surface area (Å²) in [5, 5.41) is 4.02. The fourth-order valence-corrected chi connectivity index (χ4v) is 2.28. The van der Waals surface area contributed by atoms with Crippen LogP contribution in [0.1, 0.15) is 63.1 Å². The molecule has 4 nitrogen and oxygen atoms in total. The fourth-order valence-electron chi connectivity index (χ4n) is 2.28. The lowest BCUT2D eigenvalue weighted by atomic mass is 9.88. The van der Waals surface area contributed by atoms with Crippen LogP contribution in [0.2, 0.25) is 0 Å². The Morgan fingerprint density at radius 1 is 1.38 bits per heavy atom. The minimum Gasteiger partial charge on any atom is -0.339 e. The van der Waals surface area contributed by atoms with Crippen molar-refractivity contribution in [1.29, 1.82) is 0 Å². The van der Waals surface area contributed by atoms with E-state index in [4.69, 9.17) is 4.52 Å². The van der Waals surface area contributed by atoms with Gasteiger partial charge in [0.15, 0.2) is 5.82 Å². The SMILES string of the molecule is CC1(c2noc(C3CCCCC3=O)n2)CC1. The fraction of sp³-hybridized carbons (Fsp3) is 0.750. The smallest absolute Gasteiger partial charge is 0.237 e. The summed E-state index contributed by atoms with van der Waals surface area (Å²) < 4.78 is 5.26. The third-order valence-electron chi connectivity index (χ3n) is 3.83. The first-order chi connectivity index (χ1) is 7.69. The summed E-state index contributed by atoms with van der Waals surface area (Å²) in [6, 6.07) is 0. The molecule has 0 spiro atoms. The molecule has 4 heteroatoms. The number of rotatable bonds is 2. The van der Waals surface area contributed by atoms with Crippen LogP contribution < -0.4 is 0 Å². The molecule has 0 aliphatic heterocycles. The average molecular weight is 220 g/mol. The molecule has 0 bridgehead atoms. The summed E-state index contributed by atoms with van der Waals surface area (Å²) in [6.45, 7) is 2.14. The van der Waals surface area contributed by atoms with Crippen molar-refractivity contribution in [1.82, 2.24) is 10.1 Å². The maximum Gasteiger partial charge on any atom is 0.237 e. The lowest BCUT2D eigenvalue weighted by Gasteiger charge is -2.16. The van der Waals surface area contributed by atoms with E-state index in [-0.39, 0.29) is 17.1 Å². The molecule has 0 aromatic carbocycles. The van der Waals surface area contributed by atoms with Crippen LogP contribution in [-0.2, 0) is 10.2 Å². The van der Waals surface area contributed by atoms with Crippen molar-refractivity contribution >= 4 is 5.78 Å². The first kappa shape index (κ1) is 10.00. The van der Waals surface area contributed by atoms with E-state index in [1.807, 2.05) is 0 Å². The van der Waals surface area contributed by atoms with Crippen molar-refractivity contribution in [3.63, 3.8) is 0 Å². The Hall–Kier alpha value is -1.19. The number of aromatic nitrogens is 2. The highest BCUT2D eigenvalue weighted by Crippen LogP contribution is 2.46. The highest BCUT2D eigenvalue weighted by molar-refractivity contribution is 5.85. The van der Waals surface area contributed by atoms with Gasteiger partial charge in [0, 0.05) is 11.8 Å². The highest BCUT2D eigenvalue weighted by Gasteiger charge is 2.44. The molecule has 2 saturated carbocycles. The molecule has 1 aromatic heterocycles. The Kier molecular flexibility index (Phi) is 2.13. The standard InChI is InChI=1S/C12H16N2O2/c1-12(6-7-12)11-13-10(16-14-11)8-4-2-3-5-9(8)15/h8H,2-7H2,1H3. The van der Waals surface area contributed by atoms with Crippen molar-refractivity contribution in [3.8, 4) is 0 Å². The summed E-state index contributed by atoms with van der Waals surface area (Å²) in [5.41, 5.74) is 0.124. The van der Waals surface area contributed by atoms with Crippen molar-refractivity contribution in [2.75, 3.05) is 0 Å². The van der Waals surface area contributed by atoms with Gasteiger partial charge in [0.1, 0.15) is 5.78 Å². The number of hydrogen-bond acceptors (Lipinski definition) is 4. The monoisotopic (exact) mass is 220 g/mol. The maximum absolute atomic E-state index is 11.7. The van der Waals surface area contributed by atoms with Gasteiger partial charge in [-0.1, -0.05) is 18.5 Å². The van der Waals surface area contributed by atoms with Gasteiger partial charge in [-0.15, -0.1) is 0 Å². The van der Waals surface area contributed by atoms with Gasteiger partial charge in [0.2, 0.25) is 5.89 Å². The highest BCUT2D eigenvalue weighted by atomic mass is 16.5. The average Bonchev–Trinajstić information content (AvgIpc) is 2.84. The molecule has 0 amide bonds. The van der Waals surface area contributed by atoms with E-state index >= 15 is 0 Å². The van der Waals surface area contributed by atoms with Crippen LogP contribution in [0.3, 0.4) is 0 Å². The molecule has 2 aliphatic carbocycles. The first-order valence-corrected chi connectivity index (χ1v) is 6.06. The van der Waals surface area contributed by atoms with Crippen molar-refractivity contribution in [3.05, 3.63) is 11.7 Å². The topological polar surface area (TPSA) is 56.0 Å². The van der Waals surface area contributed by atoms with Crippen LogP contribution in [-0.4, -0.2) is 15.9 Å². The van der Waals surface area contributed by atoms with Gasteiger partial charge in [-0.05, 0) is 25.7 Å². The lowest BCUT2D eigenvalue weighted by Crippen LogP contribution is -2.17. The molecule has 2 fully saturated rings. The van der Waals surface area contributed by atoms with Gasteiger partial charge in [0.05, 0.1) is 5.92 Å². The van der Waals surface area contributed by atoms with Crippen LogP contribution >= 0.6 is 0 Å². The van der Waals surface area contributed by atoms with Gasteiger partial charge >= 0.3 is 0 Å². The van der Waals surface area contributed by atoms with Crippen molar-refractivity contribution in [2.24, 2.45) is 0 Å². The van der Waals surface area contributed by atoms with Crippen molar-refractivity contribution < 1.29 is 9.32 Å². The largest absolute Gasteiger partial charge is 0.339 e. The molecular formula is C12H16N2O2. The summed E-state index contributed by atoms with van der Waals surface area (Å²) in [6.07, 6.45) is 5.89. The number of hydrogen-bond donors (Lipinski definition) is 0. The molecule has 1 unspecified atom stereocenters. The van der Waals surface area contributed by atoms with Crippen LogP contribution in [0.4, 0.5) is 0 Å². The summed E-state index contributed by atoms with van der Waals surface area (Å²) in [4.78, 5) is 16.2. The second-order valence-electron chi connectivity index (χ2n) is 5.28. The summed E-state index contributed by atoms with van der Waals surface area (Å²) >= 11 is 0. The number of nitrogens with zero attached hydrogens (tertiary/aromatic N) is 2. The molecule has 1 heterocycles. The van der Waals surface area contributed by atoms with E-state index in [0.29, 0.717) is 12.3 Å². The van der Waals surface area contributed by atoms with E-state index in [1.165, 1.54) is 0 Å². The number of Topliss-reactive ketones (excluding diaryl/α,β-unsaturated/α-hetero) is 1. The number of carbonyl (C=O) groups excluding carboxylic acids is 1. The molecule has 1 aromatic rings. The minimum absolute atomic E-state index is 0.124. The van der Waals surface area contributed by atoms with Gasteiger partial charge in [0.25, 0.3) is 0 Å². The maximum atomic E-state index is 11.7. The van der Waals surface area contributed by atoms with E-state index < -0.39 is 0 Å². The first-order valence-electron chi connectivity index (χ1n) is 6.06. The van der Waals surface area contributed by atoms with E-state index in [1.54, 1.807) is 0 Å². The van der Waals surface area contributed by atoms with Crippen LogP contribution in [0.25, 0.3) is 0 Å². The van der Waals surface area contributed by atoms with E-state index in [2.05, 4.69) is 17.1 Å². The molecule has 0 saturated heterocycles. The third-order valence-corrected chi connectivity index (χ3v) is 3.83. The van der Waals surface area contributed by atoms with E-state index in [9.17, 15) is 4.79 Å². The molecule has 2 aliphatic rings. The zero-order chi connectivity index (χ0) is 11.2. The zero-order valence-corrected chi connectivity index (χ0v) is 9.53.